The molecule has 0 saturated heterocycles. The van der Waals surface area contributed by atoms with Crippen molar-refractivity contribution in [2.45, 2.75) is 24.9 Å². The largest absolute Gasteiger partial charge is 0.305 e. The van der Waals surface area contributed by atoms with Gasteiger partial charge in [0.2, 0.25) is 15.9 Å². The number of hydrogen-bond donors (Lipinski definition) is 0. The summed E-state index contributed by atoms with van der Waals surface area (Å²) in [6.07, 6.45) is 0. The molecule has 0 unspecified atom stereocenters. The van der Waals surface area contributed by atoms with Crippen LogP contribution in [0, 0.1) is 6.92 Å². The molecule has 1 heterocycles. The molecule has 1 amide bonds. The smallest absolute Gasteiger partial charge is 0.245 e. The Morgan fingerprint density at radius 1 is 0.867 bits per heavy atom. The molecule has 0 N–H and O–H groups in total. The van der Waals surface area contributed by atoms with Gasteiger partial charge in [0.1, 0.15) is 4.90 Å². The lowest BCUT2D eigenvalue weighted by Crippen LogP contribution is -2.38. The lowest BCUT2D eigenvalue weighted by Gasteiger charge is -2.22. The number of anilines is 1. The molecule has 30 heavy (non-hydrogen) atoms. The Balaban J connectivity index is 1.73. The van der Waals surface area contributed by atoms with Gasteiger partial charge in [0.15, 0.2) is 0 Å². The highest BCUT2D eigenvalue weighted by atomic mass is 35.5. The fraction of sp³-hybridized carbons (Fsp3) is 0.174. The number of nitrogens with zero attached hydrogens (tertiary/aromatic N) is 2. The van der Waals surface area contributed by atoms with Crippen LogP contribution in [0.5, 0.6) is 0 Å². The van der Waals surface area contributed by atoms with Crippen molar-refractivity contribution in [3.8, 4) is 0 Å². The second-order valence-corrected chi connectivity index (χ2v) is 9.68. The molecule has 5 nitrogen and oxygen atoms in total. The summed E-state index contributed by atoms with van der Waals surface area (Å²) in [6, 6.07) is 21.5. The highest BCUT2D eigenvalue weighted by molar-refractivity contribution is 7.89. The van der Waals surface area contributed by atoms with Crippen LogP contribution < -0.4 is 4.90 Å². The van der Waals surface area contributed by atoms with Gasteiger partial charge in [-0.2, -0.15) is 4.31 Å². The van der Waals surface area contributed by atoms with E-state index in [0.29, 0.717) is 10.7 Å². The molecule has 0 radical (unpaired) electrons. The van der Waals surface area contributed by atoms with Crippen molar-refractivity contribution in [1.29, 1.82) is 0 Å². The van der Waals surface area contributed by atoms with Crippen molar-refractivity contribution in [1.82, 2.24) is 4.31 Å². The van der Waals surface area contributed by atoms with Crippen LogP contribution in [-0.2, 0) is 27.9 Å². The average Bonchev–Trinajstić information content (AvgIpc) is 2.80. The number of amides is 1. The Morgan fingerprint density at radius 2 is 1.47 bits per heavy atom. The number of sulfonamides is 1. The van der Waals surface area contributed by atoms with E-state index in [2.05, 4.69) is 0 Å². The first-order chi connectivity index (χ1) is 14.3. The molecule has 0 aliphatic carbocycles. The quantitative estimate of drug-likeness (QED) is 0.604. The van der Waals surface area contributed by atoms with Gasteiger partial charge in [-0.25, -0.2) is 8.42 Å². The summed E-state index contributed by atoms with van der Waals surface area (Å²) < 4.78 is 28.1. The van der Waals surface area contributed by atoms with Crippen LogP contribution in [-0.4, -0.2) is 25.2 Å². The van der Waals surface area contributed by atoms with Gasteiger partial charge in [0.25, 0.3) is 0 Å². The normalized spacial score (nSPS) is 16.2. The van der Waals surface area contributed by atoms with Crippen molar-refractivity contribution in [3.63, 3.8) is 0 Å². The summed E-state index contributed by atoms with van der Waals surface area (Å²) in [5.41, 5.74) is 3.18. The van der Waals surface area contributed by atoms with Gasteiger partial charge >= 0.3 is 0 Å². The molecule has 3 aromatic rings. The number of halogens is 1. The fourth-order valence-electron chi connectivity index (χ4n) is 3.48. The number of fused-ring (bicyclic) bond motifs is 1. The lowest BCUT2D eigenvalue weighted by atomic mass is 10.1. The molecule has 0 atom stereocenters. The minimum atomic E-state index is -3.84. The topological polar surface area (TPSA) is 57.7 Å². The van der Waals surface area contributed by atoms with Gasteiger partial charge < -0.3 is 4.90 Å². The third-order valence-electron chi connectivity index (χ3n) is 5.12. The second-order valence-electron chi connectivity index (χ2n) is 7.33. The summed E-state index contributed by atoms with van der Waals surface area (Å²) >= 11 is 5.97. The van der Waals surface area contributed by atoms with Crippen LogP contribution in [0.25, 0.3) is 0 Å². The Hall–Kier alpha value is -2.67. The lowest BCUT2D eigenvalue weighted by molar-refractivity contribution is -0.119. The molecule has 1 aliphatic rings. The van der Waals surface area contributed by atoms with Crippen molar-refractivity contribution in [2.75, 3.05) is 11.4 Å². The number of aryl methyl sites for hydroxylation is 1. The molecular weight excluding hydrogens is 420 g/mol. The van der Waals surface area contributed by atoms with E-state index in [9.17, 15) is 13.2 Å². The molecule has 0 bridgehead atoms. The SMILES string of the molecule is Cc1ccc(CN2CC(=O)N(Cc3ccc(Cl)cc3)c3ccccc3S2(=O)=O)cc1. The zero-order valence-corrected chi connectivity index (χ0v) is 18.0. The fourth-order valence-corrected chi connectivity index (χ4v) is 5.17. The van der Waals surface area contributed by atoms with Crippen molar-refractivity contribution < 1.29 is 13.2 Å². The molecule has 4 rings (SSSR count). The number of rotatable bonds is 4. The van der Waals surface area contributed by atoms with Gasteiger partial charge in [-0.15, -0.1) is 0 Å². The second kappa shape index (κ2) is 8.22. The highest BCUT2D eigenvalue weighted by Gasteiger charge is 2.36. The predicted octanol–water partition coefficient (Wildman–Crippen LogP) is 4.39. The van der Waals surface area contributed by atoms with Crippen molar-refractivity contribution >= 4 is 33.2 Å². The van der Waals surface area contributed by atoms with E-state index in [0.717, 1.165) is 16.7 Å². The molecule has 0 spiro atoms. The van der Waals surface area contributed by atoms with E-state index in [1.165, 1.54) is 9.21 Å². The molecule has 154 valence electrons. The van der Waals surface area contributed by atoms with E-state index < -0.39 is 10.0 Å². The Bertz CT molecular complexity index is 1180. The number of carbonyl (C=O) groups excluding carboxylic acids is 1. The van der Waals surface area contributed by atoms with E-state index in [-0.39, 0.29) is 30.4 Å². The first-order valence-electron chi connectivity index (χ1n) is 9.54. The summed E-state index contributed by atoms with van der Waals surface area (Å²) in [4.78, 5) is 14.9. The van der Waals surface area contributed by atoms with E-state index in [4.69, 9.17) is 11.6 Å². The first kappa shape index (κ1) is 20.6. The molecule has 7 heteroatoms. The predicted molar refractivity (Wildman–Crippen MR) is 118 cm³/mol. The van der Waals surface area contributed by atoms with Gasteiger partial charge in [0, 0.05) is 11.6 Å². The standard InChI is InChI=1S/C23H21ClN2O3S/c1-17-6-8-18(9-7-17)14-25-16-23(27)26(15-19-10-12-20(24)13-11-19)21-4-2-3-5-22(21)30(25,28)29/h2-13H,14-16H2,1H3. The van der Waals surface area contributed by atoms with Crippen LogP contribution in [0.2, 0.25) is 5.02 Å². The van der Waals surface area contributed by atoms with E-state index >= 15 is 0 Å². The summed E-state index contributed by atoms with van der Waals surface area (Å²) in [7, 11) is -3.84. The average molecular weight is 441 g/mol. The molecule has 0 aromatic heterocycles. The summed E-state index contributed by atoms with van der Waals surface area (Å²) in [6.45, 7) is 2.15. The minimum Gasteiger partial charge on any atom is -0.305 e. The van der Waals surface area contributed by atoms with Crippen LogP contribution in [0.4, 0.5) is 5.69 Å². The monoisotopic (exact) mass is 440 g/mol. The van der Waals surface area contributed by atoms with Crippen LogP contribution in [0.3, 0.4) is 0 Å². The maximum absolute atomic E-state index is 13.4. The van der Waals surface area contributed by atoms with E-state index in [1.807, 2.05) is 43.3 Å². The highest BCUT2D eigenvalue weighted by Crippen LogP contribution is 2.33. The van der Waals surface area contributed by atoms with Crippen molar-refractivity contribution in [2.24, 2.45) is 0 Å². The van der Waals surface area contributed by atoms with Crippen LogP contribution in [0.1, 0.15) is 16.7 Å². The number of para-hydroxylation sites is 1. The first-order valence-corrected chi connectivity index (χ1v) is 11.4. The number of hydrogen-bond acceptors (Lipinski definition) is 3. The molecular formula is C23H21ClN2O3S. The zero-order valence-electron chi connectivity index (χ0n) is 16.5. The zero-order chi connectivity index (χ0) is 21.3. The van der Waals surface area contributed by atoms with Crippen molar-refractivity contribution in [3.05, 3.63) is 94.5 Å². The third kappa shape index (κ3) is 4.12. The van der Waals surface area contributed by atoms with Gasteiger partial charge in [0.05, 0.1) is 18.8 Å². The summed E-state index contributed by atoms with van der Waals surface area (Å²) in [5.74, 6) is -0.273. The van der Waals surface area contributed by atoms with E-state index in [1.54, 1.807) is 36.4 Å². The van der Waals surface area contributed by atoms with Crippen LogP contribution in [0.15, 0.2) is 77.7 Å². The maximum atomic E-state index is 13.4. The molecule has 3 aromatic carbocycles. The van der Waals surface area contributed by atoms with Gasteiger partial charge in [-0.1, -0.05) is 65.7 Å². The molecule has 0 saturated carbocycles. The Labute approximate surface area is 181 Å². The maximum Gasteiger partial charge on any atom is 0.245 e. The number of carbonyl (C=O) groups is 1. The van der Waals surface area contributed by atoms with Gasteiger partial charge in [-0.05, 0) is 42.3 Å². The molecule has 0 fully saturated rings. The Morgan fingerprint density at radius 3 is 2.17 bits per heavy atom. The third-order valence-corrected chi connectivity index (χ3v) is 7.21. The minimum absolute atomic E-state index is 0.136. The number of benzene rings is 3. The van der Waals surface area contributed by atoms with Crippen LogP contribution >= 0.6 is 11.6 Å². The van der Waals surface area contributed by atoms with Gasteiger partial charge in [-0.3, -0.25) is 4.79 Å². The Kier molecular flexibility index (Phi) is 5.64. The summed E-state index contributed by atoms with van der Waals surface area (Å²) in [5, 5.41) is 0.605. The molecule has 1 aliphatic heterocycles.